The number of amides is 1. The second-order valence-corrected chi connectivity index (χ2v) is 9.86. The van der Waals surface area contributed by atoms with E-state index in [2.05, 4.69) is 15.4 Å². The van der Waals surface area contributed by atoms with E-state index in [4.69, 9.17) is 11.6 Å². The Bertz CT molecular complexity index is 1280. The second-order valence-electron chi connectivity index (χ2n) is 7.35. The van der Waals surface area contributed by atoms with Crippen molar-refractivity contribution >= 4 is 33.0 Å². The van der Waals surface area contributed by atoms with Crippen LogP contribution in [-0.2, 0) is 21.1 Å². The van der Waals surface area contributed by atoms with Crippen LogP contribution < -0.4 is 10.9 Å². The predicted octanol–water partition coefficient (Wildman–Crippen LogP) is 3.21. The van der Waals surface area contributed by atoms with Gasteiger partial charge in [0.05, 0.1) is 21.9 Å². The molecule has 0 bridgehead atoms. The summed E-state index contributed by atoms with van der Waals surface area (Å²) < 4.78 is 26.8. The number of nitrogens with one attached hydrogen (secondary N) is 1. The summed E-state index contributed by atoms with van der Waals surface area (Å²) in [7, 11) is -3.56. The molecule has 0 aliphatic carbocycles. The Morgan fingerprint density at radius 2 is 2.00 bits per heavy atom. The van der Waals surface area contributed by atoms with Crippen LogP contribution >= 0.6 is 11.6 Å². The van der Waals surface area contributed by atoms with E-state index >= 15 is 0 Å². The fraction of sp³-hybridized carbons (Fsp3) is 0.273. The number of carbonyl (C=O) groups is 1. The molecule has 0 unspecified atom stereocenters. The van der Waals surface area contributed by atoms with Crippen molar-refractivity contribution in [2.45, 2.75) is 37.6 Å². The van der Waals surface area contributed by atoms with E-state index in [0.29, 0.717) is 24.1 Å². The van der Waals surface area contributed by atoms with Crippen LogP contribution in [0.2, 0.25) is 5.02 Å². The molecular formula is C22H23ClN4O4S. The zero-order valence-corrected chi connectivity index (χ0v) is 19.2. The van der Waals surface area contributed by atoms with E-state index in [0.717, 1.165) is 10.4 Å². The van der Waals surface area contributed by atoms with Gasteiger partial charge < -0.3 is 5.32 Å². The smallest absolute Gasteiger partial charge is 0.268 e. The highest BCUT2D eigenvalue weighted by Gasteiger charge is 2.21. The van der Waals surface area contributed by atoms with Gasteiger partial charge in [-0.1, -0.05) is 23.7 Å². The van der Waals surface area contributed by atoms with Crippen LogP contribution in [0, 0.1) is 6.92 Å². The number of sulfone groups is 1. The third-order valence-electron chi connectivity index (χ3n) is 4.90. The molecule has 10 heteroatoms. The van der Waals surface area contributed by atoms with E-state index < -0.39 is 27.3 Å². The lowest BCUT2D eigenvalue weighted by Gasteiger charge is -2.15. The van der Waals surface area contributed by atoms with Gasteiger partial charge in [0.25, 0.3) is 5.56 Å². The number of carbonyl (C=O) groups excluding carboxylic acids is 1. The molecule has 1 N–H and O–H groups in total. The van der Waals surface area contributed by atoms with Crippen LogP contribution in [0.25, 0.3) is 0 Å². The molecule has 1 amide bonds. The zero-order chi connectivity index (χ0) is 23.3. The summed E-state index contributed by atoms with van der Waals surface area (Å²) in [6.45, 7) is 3.22. The predicted molar refractivity (Wildman–Crippen MR) is 123 cm³/mol. The molecule has 1 aromatic carbocycles. The molecule has 0 saturated carbocycles. The maximum absolute atomic E-state index is 12.9. The molecule has 0 aliphatic rings. The van der Waals surface area contributed by atoms with Crippen LogP contribution in [0.4, 0.5) is 5.69 Å². The summed E-state index contributed by atoms with van der Waals surface area (Å²) in [5.74, 6) is -0.549. The standard InChI is InChI=1S/C22H23ClN4O4S/c1-15-8-9-19(26-22(29)16(2)27-21(28)12-17(23)14-25-27)13-20(15)32(30,31)11-5-7-18-6-3-4-10-24-18/h3-4,6,8-10,12-14,16H,5,7,11H2,1-2H3,(H,26,29)/t16-/m0/s1. The minimum absolute atomic E-state index is 0.0394. The average molecular weight is 475 g/mol. The molecule has 0 saturated heterocycles. The number of rotatable bonds is 8. The summed E-state index contributed by atoms with van der Waals surface area (Å²) in [6.07, 6.45) is 3.93. The topological polar surface area (TPSA) is 111 Å². The molecule has 0 fully saturated rings. The van der Waals surface area contributed by atoms with Crippen molar-refractivity contribution in [1.82, 2.24) is 14.8 Å². The molecule has 0 aliphatic heterocycles. The Morgan fingerprint density at radius 1 is 1.22 bits per heavy atom. The van der Waals surface area contributed by atoms with Gasteiger partial charge in [-0.2, -0.15) is 5.10 Å². The van der Waals surface area contributed by atoms with Gasteiger partial charge in [0.15, 0.2) is 9.84 Å². The number of nitrogens with zero attached hydrogens (tertiary/aromatic N) is 3. The number of benzene rings is 1. The SMILES string of the molecule is Cc1ccc(NC(=O)[C@H](C)n2ncc(Cl)cc2=O)cc1S(=O)(=O)CCCc1ccccn1. The molecule has 2 heterocycles. The molecule has 0 spiro atoms. The summed E-state index contributed by atoms with van der Waals surface area (Å²) in [4.78, 5) is 29.0. The van der Waals surface area contributed by atoms with Crippen LogP contribution in [0.3, 0.4) is 0 Å². The molecule has 2 aromatic heterocycles. The van der Waals surface area contributed by atoms with E-state index in [-0.39, 0.29) is 15.7 Å². The second kappa shape index (κ2) is 10.1. The normalized spacial score (nSPS) is 12.3. The Morgan fingerprint density at radius 3 is 2.69 bits per heavy atom. The molecule has 168 valence electrons. The third kappa shape index (κ3) is 5.80. The lowest BCUT2D eigenvalue weighted by atomic mass is 10.2. The summed E-state index contributed by atoms with van der Waals surface area (Å²) in [5, 5.41) is 6.71. The Hall–Kier alpha value is -3.04. The van der Waals surface area contributed by atoms with Crippen molar-refractivity contribution in [3.8, 4) is 0 Å². The molecule has 0 radical (unpaired) electrons. The minimum Gasteiger partial charge on any atom is -0.324 e. The van der Waals surface area contributed by atoms with E-state index in [1.54, 1.807) is 25.3 Å². The number of hydrogen-bond donors (Lipinski definition) is 1. The summed E-state index contributed by atoms with van der Waals surface area (Å²) in [6, 6.07) is 10.5. The number of anilines is 1. The van der Waals surface area contributed by atoms with Gasteiger partial charge in [-0.05, 0) is 56.5 Å². The molecular weight excluding hydrogens is 452 g/mol. The first-order chi connectivity index (χ1) is 15.2. The highest BCUT2D eigenvalue weighted by atomic mass is 35.5. The monoisotopic (exact) mass is 474 g/mol. The van der Waals surface area contributed by atoms with Crippen LogP contribution in [0.1, 0.15) is 30.6 Å². The van der Waals surface area contributed by atoms with Crippen molar-refractivity contribution in [3.63, 3.8) is 0 Å². The van der Waals surface area contributed by atoms with Crippen molar-refractivity contribution in [1.29, 1.82) is 0 Å². The van der Waals surface area contributed by atoms with Gasteiger partial charge in [-0.15, -0.1) is 0 Å². The van der Waals surface area contributed by atoms with Gasteiger partial charge >= 0.3 is 0 Å². The molecule has 1 atom stereocenters. The first-order valence-electron chi connectivity index (χ1n) is 9.96. The average Bonchev–Trinajstić information content (AvgIpc) is 2.75. The van der Waals surface area contributed by atoms with Gasteiger partial charge in [-0.25, -0.2) is 13.1 Å². The quantitative estimate of drug-likeness (QED) is 0.536. The van der Waals surface area contributed by atoms with E-state index in [9.17, 15) is 18.0 Å². The van der Waals surface area contributed by atoms with Gasteiger partial charge in [0, 0.05) is 23.6 Å². The largest absolute Gasteiger partial charge is 0.324 e. The van der Waals surface area contributed by atoms with Gasteiger partial charge in [0.1, 0.15) is 6.04 Å². The van der Waals surface area contributed by atoms with Gasteiger partial charge in [0.2, 0.25) is 5.91 Å². The van der Waals surface area contributed by atoms with Crippen LogP contribution in [0.5, 0.6) is 0 Å². The Labute approximate surface area is 191 Å². The number of aryl methyl sites for hydroxylation is 2. The fourth-order valence-electron chi connectivity index (χ4n) is 3.16. The molecule has 32 heavy (non-hydrogen) atoms. The summed E-state index contributed by atoms with van der Waals surface area (Å²) >= 11 is 5.74. The number of hydrogen-bond acceptors (Lipinski definition) is 6. The molecule has 3 rings (SSSR count). The Kier molecular flexibility index (Phi) is 7.42. The first-order valence-corrected chi connectivity index (χ1v) is 12.0. The molecule has 3 aromatic rings. The van der Waals surface area contributed by atoms with Gasteiger partial charge in [-0.3, -0.25) is 14.6 Å². The van der Waals surface area contributed by atoms with Crippen molar-refractivity contribution < 1.29 is 13.2 Å². The first kappa shape index (κ1) is 23.6. The lowest BCUT2D eigenvalue weighted by Crippen LogP contribution is -2.32. The number of aromatic nitrogens is 3. The number of halogens is 1. The van der Waals surface area contributed by atoms with Crippen LogP contribution in [-0.4, -0.2) is 34.8 Å². The highest BCUT2D eigenvalue weighted by Crippen LogP contribution is 2.23. The Balaban J connectivity index is 1.72. The summed E-state index contributed by atoms with van der Waals surface area (Å²) in [5.41, 5.74) is 1.22. The van der Waals surface area contributed by atoms with Crippen LogP contribution in [0.15, 0.2) is 64.5 Å². The fourth-order valence-corrected chi connectivity index (χ4v) is 4.90. The van der Waals surface area contributed by atoms with Crippen molar-refractivity contribution in [2.75, 3.05) is 11.1 Å². The highest BCUT2D eigenvalue weighted by molar-refractivity contribution is 7.91. The van der Waals surface area contributed by atoms with E-state index in [1.807, 2.05) is 18.2 Å². The maximum atomic E-state index is 12.9. The third-order valence-corrected chi connectivity index (χ3v) is 7.04. The minimum atomic E-state index is -3.56. The lowest BCUT2D eigenvalue weighted by molar-refractivity contribution is -0.119. The maximum Gasteiger partial charge on any atom is 0.268 e. The number of pyridine rings is 1. The zero-order valence-electron chi connectivity index (χ0n) is 17.7. The molecule has 8 nitrogen and oxygen atoms in total. The van der Waals surface area contributed by atoms with Crippen molar-refractivity contribution in [2.24, 2.45) is 0 Å². The van der Waals surface area contributed by atoms with E-state index in [1.165, 1.54) is 25.3 Å². The van der Waals surface area contributed by atoms with Crippen molar-refractivity contribution in [3.05, 3.63) is 81.5 Å².